The highest BCUT2D eigenvalue weighted by molar-refractivity contribution is 4.94. The summed E-state index contributed by atoms with van der Waals surface area (Å²) >= 11 is 0. The lowest BCUT2D eigenvalue weighted by molar-refractivity contribution is 0.285. The van der Waals surface area contributed by atoms with Gasteiger partial charge in [0.2, 0.25) is 0 Å². The van der Waals surface area contributed by atoms with Gasteiger partial charge >= 0.3 is 0 Å². The summed E-state index contributed by atoms with van der Waals surface area (Å²) < 4.78 is 0. The van der Waals surface area contributed by atoms with Gasteiger partial charge < -0.3 is 11.1 Å². The van der Waals surface area contributed by atoms with Crippen LogP contribution >= 0.6 is 0 Å². The largest absolute Gasteiger partial charge is 0.325 e. The van der Waals surface area contributed by atoms with E-state index < -0.39 is 0 Å². The van der Waals surface area contributed by atoms with E-state index >= 15 is 0 Å². The van der Waals surface area contributed by atoms with Crippen LogP contribution < -0.4 is 11.1 Å². The molecule has 2 atom stereocenters. The topological polar surface area (TPSA) is 38.0 Å². The van der Waals surface area contributed by atoms with Gasteiger partial charge in [-0.1, -0.05) is 12.8 Å². The first-order valence-electron chi connectivity index (χ1n) is 3.85. The first-order valence-corrected chi connectivity index (χ1v) is 3.85. The van der Waals surface area contributed by atoms with E-state index in [4.69, 9.17) is 5.73 Å². The number of rotatable bonds is 2. The van der Waals surface area contributed by atoms with Gasteiger partial charge in [0.1, 0.15) is 0 Å². The van der Waals surface area contributed by atoms with Gasteiger partial charge in [0, 0.05) is 18.6 Å². The zero-order chi connectivity index (χ0) is 6.27. The van der Waals surface area contributed by atoms with Gasteiger partial charge in [-0.05, 0) is 12.3 Å². The van der Waals surface area contributed by atoms with Gasteiger partial charge in [0.15, 0.2) is 0 Å². The minimum absolute atomic E-state index is 0.464. The minimum atomic E-state index is 0.464. The molecular formula is C7H14N2. The average molecular weight is 126 g/mol. The van der Waals surface area contributed by atoms with Gasteiger partial charge in [0.25, 0.3) is 0 Å². The summed E-state index contributed by atoms with van der Waals surface area (Å²) in [5, 5.41) is 3.34. The monoisotopic (exact) mass is 126 g/mol. The molecule has 2 unspecified atom stereocenters. The summed E-state index contributed by atoms with van der Waals surface area (Å²) in [6, 6.07) is 1.13. The van der Waals surface area contributed by atoms with E-state index in [0.717, 1.165) is 12.5 Å². The number of hydrogen-bond acceptors (Lipinski definition) is 2. The van der Waals surface area contributed by atoms with E-state index in [1.165, 1.54) is 19.3 Å². The van der Waals surface area contributed by atoms with E-state index in [9.17, 15) is 0 Å². The van der Waals surface area contributed by atoms with Crippen molar-refractivity contribution in [3.63, 3.8) is 0 Å². The van der Waals surface area contributed by atoms with Gasteiger partial charge in [0.05, 0.1) is 0 Å². The molecule has 0 spiro atoms. The molecule has 0 amide bonds. The smallest absolute Gasteiger partial charge is 0.0321 e. The molecule has 1 aliphatic carbocycles. The molecule has 2 nitrogen and oxygen atoms in total. The second-order valence-electron chi connectivity index (χ2n) is 3.36. The van der Waals surface area contributed by atoms with Crippen LogP contribution in [0, 0.1) is 5.92 Å². The van der Waals surface area contributed by atoms with Crippen molar-refractivity contribution >= 4 is 0 Å². The molecule has 2 rings (SSSR count). The molecule has 0 aromatic rings. The van der Waals surface area contributed by atoms with Crippen LogP contribution in [-0.2, 0) is 0 Å². The Kier molecular flexibility index (Phi) is 1.24. The summed E-state index contributed by atoms with van der Waals surface area (Å²) in [7, 11) is 0. The molecule has 0 bridgehead atoms. The Morgan fingerprint density at radius 1 is 1.44 bits per heavy atom. The van der Waals surface area contributed by atoms with Crippen molar-refractivity contribution in [2.75, 3.05) is 6.54 Å². The summed E-state index contributed by atoms with van der Waals surface area (Å²) in [4.78, 5) is 0. The molecule has 1 saturated heterocycles. The lowest BCUT2D eigenvalue weighted by Crippen LogP contribution is -2.61. The first-order chi connectivity index (χ1) is 4.36. The van der Waals surface area contributed by atoms with Crippen LogP contribution in [0.4, 0.5) is 0 Å². The Labute approximate surface area is 55.8 Å². The van der Waals surface area contributed by atoms with Crippen molar-refractivity contribution in [3.05, 3.63) is 0 Å². The molecule has 1 heterocycles. The molecule has 52 valence electrons. The summed E-state index contributed by atoms with van der Waals surface area (Å²) in [6.07, 6.45) is 4.23. The van der Waals surface area contributed by atoms with Crippen LogP contribution in [0.3, 0.4) is 0 Å². The van der Waals surface area contributed by atoms with Crippen molar-refractivity contribution < 1.29 is 0 Å². The maximum atomic E-state index is 5.74. The van der Waals surface area contributed by atoms with E-state index in [0.29, 0.717) is 12.1 Å². The number of hydrogen-bond donors (Lipinski definition) is 2. The molecule has 2 aliphatic rings. The van der Waals surface area contributed by atoms with Crippen molar-refractivity contribution in [1.82, 2.24) is 5.32 Å². The first kappa shape index (κ1) is 5.69. The minimum Gasteiger partial charge on any atom is -0.325 e. The third-order valence-electron chi connectivity index (χ3n) is 2.42. The summed E-state index contributed by atoms with van der Waals surface area (Å²) in [6.45, 7) is 1.04. The van der Waals surface area contributed by atoms with Gasteiger partial charge in [-0.15, -0.1) is 0 Å². The molecule has 1 aliphatic heterocycles. The van der Waals surface area contributed by atoms with Crippen LogP contribution in [0.25, 0.3) is 0 Å². The number of nitrogens with one attached hydrogen (secondary N) is 1. The van der Waals surface area contributed by atoms with Crippen LogP contribution in [-0.4, -0.2) is 18.6 Å². The SMILES string of the molecule is NC1CNC1CC1CC1. The predicted molar refractivity (Wildman–Crippen MR) is 37.1 cm³/mol. The molecule has 2 heteroatoms. The fourth-order valence-electron chi connectivity index (χ4n) is 1.39. The van der Waals surface area contributed by atoms with Crippen molar-refractivity contribution in [2.45, 2.75) is 31.3 Å². The fourth-order valence-corrected chi connectivity index (χ4v) is 1.39. The molecule has 2 fully saturated rings. The van der Waals surface area contributed by atoms with Crippen LogP contribution in [0.15, 0.2) is 0 Å². The standard InChI is InChI=1S/C7H14N2/c8-6-4-9-7(6)3-5-1-2-5/h5-7,9H,1-4,8H2. The predicted octanol–water partition coefficient (Wildman–Crippen LogP) is 0.0856. The van der Waals surface area contributed by atoms with Crippen molar-refractivity contribution in [2.24, 2.45) is 11.7 Å². The van der Waals surface area contributed by atoms with Gasteiger partial charge in [-0.2, -0.15) is 0 Å². The molecule has 0 aromatic heterocycles. The fraction of sp³-hybridized carbons (Fsp3) is 1.00. The lowest BCUT2D eigenvalue weighted by Gasteiger charge is -2.35. The summed E-state index contributed by atoms with van der Waals surface area (Å²) in [5.41, 5.74) is 5.74. The molecule has 0 aromatic carbocycles. The van der Waals surface area contributed by atoms with Crippen molar-refractivity contribution in [1.29, 1.82) is 0 Å². The second-order valence-corrected chi connectivity index (χ2v) is 3.36. The Bertz CT molecular complexity index is 109. The van der Waals surface area contributed by atoms with Crippen molar-refractivity contribution in [3.8, 4) is 0 Å². The second kappa shape index (κ2) is 1.96. The Hall–Kier alpha value is -0.0800. The van der Waals surface area contributed by atoms with E-state index in [-0.39, 0.29) is 0 Å². The molecule has 3 N–H and O–H groups in total. The van der Waals surface area contributed by atoms with E-state index in [1.807, 2.05) is 0 Å². The zero-order valence-corrected chi connectivity index (χ0v) is 5.64. The number of nitrogens with two attached hydrogens (primary N) is 1. The van der Waals surface area contributed by atoms with E-state index in [1.54, 1.807) is 0 Å². The Balaban J connectivity index is 1.72. The molecule has 1 saturated carbocycles. The molecular weight excluding hydrogens is 112 g/mol. The highest BCUT2D eigenvalue weighted by Gasteiger charge is 2.32. The molecule has 0 radical (unpaired) electrons. The lowest BCUT2D eigenvalue weighted by atomic mass is 9.96. The van der Waals surface area contributed by atoms with E-state index in [2.05, 4.69) is 5.32 Å². The highest BCUT2D eigenvalue weighted by Crippen LogP contribution is 2.34. The van der Waals surface area contributed by atoms with Gasteiger partial charge in [-0.3, -0.25) is 0 Å². The van der Waals surface area contributed by atoms with Gasteiger partial charge in [-0.25, -0.2) is 0 Å². The van der Waals surface area contributed by atoms with Crippen LogP contribution in [0.1, 0.15) is 19.3 Å². The maximum Gasteiger partial charge on any atom is 0.0321 e. The van der Waals surface area contributed by atoms with Crippen LogP contribution in [0.2, 0.25) is 0 Å². The Morgan fingerprint density at radius 3 is 2.56 bits per heavy atom. The normalized spacial score (nSPS) is 42.3. The third-order valence-corrected chi connectivity index (χ3v) is 2.42. The Morgan fingerprint density at radius 2 is 2.22 bits per heavy atom. The maximum absolute atomic E-state index is 5.74. The quantitative estimate of drug-likeness (QED) is 0.550. The zero-order valence-electron chi connectivity index (χ0n) is 5.64. The highest BCUT2D eigenvalue weighted by atomic mass is 15.1. The summed E-state index contributed by atoms with van der Waals surface area (Å²) in [5.74, 6) is 1.02. The third kappa shape index (κ3) is 1.10. The molecule has 9 heavy (non-hydrogen) atoms. The average Bonchev–Trinajstić information content (AvgIpc) is 2.62. The van der Waals surface area contributed by atoms with Crippen LogP contribution in [0.5, 0.6) is 0 Å².